The number of nitrogens with one attached hydrogen (secondary N) is 1. The van der Waals surface area contributed by atoms with Crippen molar-refractivity contribution in [2.24, 2.45) is 0 Å². The first-order valence-electron chi connectivity index (χ1n) is 7.08. The molecule has 0 saturated carbocycles. The third-order valence-corrected chi connectivity index (χ3v) is 7.28. The van der Waals surface area contributed by atoms with Gasteiger partial charge < -0.3 is 5.32 Å². The molecule has 19 heavy (non-hydrogen) atoms. The molecule has 1 heterocycles. The minimum absolute atomic E-state index is 0.579. The van der Waals surface area contributed by atoms with Gasteiger partial charge >= 0.3 is 0 Å². The molecule has 0 amide bonds. The van der Waals surface area contributed by atoms with Gasteiger partial charge in [-0.1, -0.05) is 25.1 Å². The van der Waals surface area contributed by atoms with Crippen LogP contribution in [0.4, 0.5) is 0 Å². The molecule has 1 aliphatic rings. The summed E-state index contributed by atoms with van der Waals surface area (Å²) in [5.74, 6) is 2.60. The van der Waals surface area contributed by atoms with E-state index in [-0.39, 0.29) is 0 Å². The number of rotatable bonds is 4. The van der Waals surface area contributed by atoms with Crippen LogP contribution in [0, 0.1) is 13.8 Å². The van der Waals surface area contributed by atoms with E-state index in [4.69, 9.17) is 0 Å². The van der Waals surface area contributed by atoms with Crippen LogP contribution in [0.1, 0.15) is 23.6 Å². The zero-order valence-corrected chi connectivity index (χ0v) is 14.0. The highest BCUT2D eigenvalue weighted by Gasteiger charge is 2.29. The highest BCUT2D eigenvalue weighted by Crippen LogP contribution is 2.34. The van der Waals surface area contributed by atoms with E-state index >= 15 is 0 Å². The lowest BCUT2D eigenvalue weighted by atomic mass is 9.98. The molecule has 3 atom stereocenters. The van der Waals surface area contributed by atoms with Gasteiger partial charge in [-0.2, -0.15) is 23.5 Å². The molecule has 3 heteroatoms. The summed E-state index contributed by atoms with van der Waals surface area (Å²) in [6, 6.07) is 7.47. The minimum atomic E-state index is 0.579. The molecule has 1 aliphatic heterocycles. The smallest absolute Gasteiger partial charge is 0.0320 e. The van der Waals surface area contributed by atoms with Crippen LogP contribution in [-0.2, 0) is 6.42 Å². The van der Waals surface area contributed by atoms with Crippen LogP contribution >= 0.6 is 23.5 Å². The Labute approximate surface area is 126 Å². The highest BCUT2D eigenvalue weighted by molar-refractivity contribution is 8.07. The molecule has 1 aromatic rings. The maximum atomic E-state index is 3.55. The normalized spacial score (nSPS) is 25.3. The molecule has 0 aliphatic carbocycles. The van der Waals surface area contributed by atoms with Gasteiger partial charge in [0.2, 0.25) is 0 Å². The molecule has 1 N–H and O–H groups in total. The molecule has 1 aromatic carbocycles. The second-order valence-corrected chi connectivity index (χ2v) is 8.20. The van der Waals surface area contributed by atoms with Crippen molar-refractivity contribution < 1.29 is 0 Å². The molecule has 3 unspecified atom stereocenters. The second-order valence-electron chi connectivity index (χ2n) is 5.43. The molecule has 1 nitrogen and oxygen atoms in total. The summed E-state index contributed by atoms with van der Waals surface area (Å²) < 4.78 is 0. The van der Waals surface area contributed by atoms with Crippen molar-refractivity contribution in [3.05, 3.63) is 34.9 Å². The maximum Gasteiger partial charge on any atom is 0.0320 e. The van der Waals surface area contributed by atoms with Crippen molar-refractivity contribution in [1.82, 2.24) is 5.32 Å². The third kappa shape index (κ3) is 3.93. The van der Waals surface area contributed by atoms with Crippen LogP contribution in [0.15, 0.2) is 18.2 Å². The molecular formula is C16H25NS2. The van der Waals surface area contributed by atoms with Gasteiger partial charge in [-0.05, 0) is 44.0 Å². The predicted octanol–water partition coefficient (Wildman–Crippen LogP) is 3.67. The van der Waals surface area contributed by atoms with Crippen LogP contribution < -0.4 is 5.32 Å². The summed E-state index contributed by atoms with van der Waals surface area (Å²) >= 11 is 4.27. The predicted molar refractivity (Wildman–Crippen MR) is 90.6 cm³/mol. The average molecular weight is 296 g/mol. The lowest BCUT2D eigenvalue weighted by Crippen LogP contribution is -2.44. The van der Waals surface area contributed by atoms with Crippen molar-refractivity contribution in [2.45, 2.75) is 43.7 Å². The Morgan fingerprint density at radius 2 is 1.95 bits per heavy atom. The van der Waals surface area contributed by atoms with Crippen molar-refractivity contribution in [2.75, 3.05) is 18.6 Å². The van der Waals surface area contributed by atoms with E-state index in [1.807, 2.05) is 0 Å². The molecule has 0 radical (unpaired) electrons. The molecule has 0 spiro atoms. The fraction of sp³-hybridized carbons (Fsp3) is 0.625. The van der Waals surface area contributed by atoms with Gasteiger partial charge in [-0.25, -0.2) is 0 Å². The molecular weight excluding hydrogens is 270 g/mol. The van der Waals surface area contributed by atoms with E-state index in [1.54, 1.807) is 0 Å². The quantitative estimate of drug-likeness (QED) is 0.910. The first kappa shape index (κ1) is 15.3. The number of hydrogen-bond donors (Lipinski definition) is 1. The van der Waals surface area contributed by atoms with Gasteiger partial charge in [0.25, 0.3) is 0 Å². The van der Waals surface area contributed by atoms with E-state index < -0.39 is 0 Å². The van der Waals surface area contributed by atoms with Crippen LogP contribution in [0.3, 0.4) is 0 Å². The lowest BCUT2D eigenvalue weighted by Gasteiger charge is -2.34. The zero-order valence-electron chi connectivity index (χ0n) is 12.4. The standard InChI is InChI=1S/C16H25NS2/c1-11-5-6-14(9-12(11)2)10-15(17-4)16-13(3)18-7-8-19-16/h5-6,9,13,15-17H,7-8,10H2,1-4H3. The number of hydrogen-bond acceptors (Lipinski definition) is 3. The molecule has 2 rings (SSSR count). The second kappa shape index (κ2) is 7.05. The summed E-state index contributed by atoms with van der Waals surface area (Å²) in [6.45, 7) is 6.78. The number of aryl methyl sites for hydroxylation is 2. The monoisotopic (exact) mass is 295 g/mol. The Morgan fingerprint density at radius 1 is 1.21 bits per heavy atom. The third-order valence-electron chi connectivity index (χ3n) is 4.03. The molecule has 0 bridgehead atoms. The fourth-order valence-electron chi connectivity index (χ4n) is 2.66. The van der Waals surface area contributed by atoms with Crippen LogP contribution in [0.5, 0.6) is 0 Å². The Hall–Kier alpha value is -0.120. The number of thioether (sulfide) groups is 2. The van der Waals surface area contributed by atoms with Gasteiger partial charge in [0, 0.05) is 28.0 Å². The summed E-state index contributed by atoms with van der Waals surface area (Å²) in [5.41, 5.74) is 4.26. The summed E-state index contributed by atoms with van der Waals surface area (Å²) in [4.78, 5) is 0. The molecule has 1 saturated heterocycles. The van der Waals surface area contributed by atoms with Crippen LogP contribution in [0.25, 0.3) is 0 Å². The summed E-state index contributed by atoms with van der Waals surface area (Å²) in [5, 5.41) is 5.03. The van der Waals surface area contributed by atoms with Gasteiger partial charge in [-0.15, -0.1) is 0 Å². The van der Waals surface area contributed by atoms with E-state index in [2.05, 4.69) is 74.9 Å². The Bertz CT molecular complexity index is 419. The van der Waals surface area contributed by atoms with Crippen molar-refractivity contribution in [3.8, 4) is 0 Å². The van der Waals surface area contributed by atoms with Crippen molar-refractivity contribution >= 4 is 23.5 Å². The molecule has 106 valence electrons. The highest BCUT2D eigenvalue weighted by atomic mass is 32.2. The first-order valence-corrected chi connectivity index (χ1v) is 9.18. The van der Waals surface area contributed by atoms with Gasteiger partial charge in [0.15, 0.2) is 0 Å². The summed E-state index contributed by atoms with van der Waals surface area (Å²) in [6.07, 6.45) is 1.14. The Morgan fingerprint density at radius 3 is 2.58 bits per heavy atom. The maximum absolute atomic E-state index is 3.55. The average Bonchev–Trinajstić information content (AvgIpc) is 2.41. The number of likely N-dealkylation sites (N-methyl/N-ethyl adjacent to an activating group) is 1. The fourth-order valence-corrected chi connectivity index (χ4v) is 5.66. The Kier molecular flexibility index (Phi) is 5.67. The van der Waals surface area contributed by atoms with Crippen molar-refractivity contribution in [3.63, 3.8) is 0 Å². The first-order chi connectivity index (χ1) is 9.11. The van der Waals surface area contributed by atoms with E-state index in [9.17, 15) is 0 Å². The van der Waals surface area contributed by atoms with Crippen molar-refractivity contribution in [1.29, 1.82) is 0 Å². The number of benzene rings is 1. The SMILES string of the molecule is CNC(Cc1ccc(C)c(C)c1)C1SCCSC1C. The molecule has 1 fully saturated rings. The topological polar surface area (TPSA) is 12.0 Å². The lowest BCUT2D eigenvalue weighted by molar-refractivity contribution is 0.530. The van der Waals surface area contributed by atoms with E-state index in [0.29, 0.717) is 6.04 Å². The van der Waals surface area contributed by atoms with Crippen LogP contribution in [-0.4, -0.2) is 35.1 Å². The minimum Gasteiger partial charge on any atom is -0.316 e. The summed E-state index contributed by atoms with van der Waals surface area (Å²) in [7, 11) is 2.11. The van der Waals surface area contributed by atoms with E-state index in [1.165, 1.54) is 28.2 Å². The van der Waals surface area contributed by atoms with Gasteiger partial charge in [0.1, 0.15) is 0 Å². The molecule has 0 aromatic heterocycles. The van der Waals surface area contributed by atoms with Gasteiger partial charge in [0.05, 0.1) is 0 Å². The largest absolute Gasteiger partial charge is 0.316 e. The van der Waals surface area contributed by atoms with E-state index in [0.717, 1.165) is 16.9 Å². The zero-order chi connectivity index (χ0) is 13.8. The van der Waals surface area contributed by atoms with Gasteiger partial charge in [-0.3, -0.25) is 0 Å². The van der Waals surface area contributed by atoms with Crippen LogP contribution in [0.2, 0.25) is 0 Å². The Balaban J connectivity index is 2.07.